The molecule has 0 aliphatic rings. The van der Waals surface area contributed by atoms with E-state index in [9.17, 15) is 9.18 Å². The lowest BCUT2D eigenvalue weighted by Gasteiger charge is -2.18. The van der Waals surface area contributed by atoms with Gasteiger partial charge in [0.15, 0.2) is 5.13 Å². The number of amides is 2. The van der Waals surface area contributed by atoms with E-state index in [-0.39, 0.29) is 11.1 Å². The molecular weight excluding hydrogens is 486 g/mol. The molecule has 2 heterocycles. The molecule has 6 nitrogen and oxygen atoms in total. The number of hydrogen-bond acceptors (Lipinski definition) is 4. The number of rotatable bonds is 8. The summed E-state index contributed by atoms with van der Waals surface area (Å²) in [6, 6.07) is 11.7. The number of aromatic nitrogens is 2. The molecule has 4 rings (SSSR count). The second-order valence-electron chi connectivity index (χ2n) is 7.32. The van der Waals surface area contributed by atoms with Crippen molar-refractivity contribution in [3.63, 3.8) is 0 Å². The largest absolute Gasteiger partial charge is 0.486 e. The second-order valence-corrected chi connectivity index (χ2v) is 9.14. The first kappa shape index (κ1) is 23.4. The predicted octanol–water partition coefficient (Wildman–Crippen LogP) is 6.90. The zero-order valence-electron chi connectivity index (χ0n) is 17.6. The van der Waals surface area contributed by atoms with Crippen molar-refractivity contribution in [3.8, 4) is 5.75 Å². The summed E-state index contributed by atoms with van der Waals surface area (Å²) in [5.74, 6) is -0.000744. The molecule has 0 radical (unpaired) electrons. The van der Waals surface area contributed by atoms with Crippen LogP contribution in [0.3, 0.4) is 0 Å². The molecule has 1 unspecified atom stereocenters. The van der Waals surface area contributed by atoms with Crippen LogP contribution in [0.4, 0.5) is 14.3 Å². The van der Waals surface area contributed by atoms with Crippen LogP contribution in [0, 0.1) is 5.82 Å². The first-order valence-electron chi connectivity index (χ1n) is 10.3. The molecule has 0 fully saturated rings. The summed E-state index contributed by atoms with van der Waals surface area (Å²) in [5, 5.41) is 6.35. The number of ether oxygens (including phenoxy) is 1. The molecule has 0 spiro atoms. The number of carbonyl (C=O) groups is 1. The summed E-state index contributed by atoms with van der Waals surface area (Å²) in [7, 11) is 0. The fourth-order valence-electron chi connectivity index (χ4n) is 3.33. The Morgan fingerprint density at radius 2 is 2.03 bits per heavy atom. The topological polar surface area (TPSA) is 68.2 Å². The number of thiazole rings is 1. The zero-order valence-corrected chi connectivity index (χ0v) is 20.0. The minimum atomic E-state index is -0.569. The standard InChI is InChI=1S/C23H21Cl2FN4O2S/c1-14(20-16(24)6-7-17(26)21(20)25)32-15-5-8-18-19(13-15)33-23(28-18)29-22(31)27-9-4-12-30-10-2-3-11-30/h2-3,5-8,10-11,13-14H,4,9,12H2,1H3,(H2,27,28,29,31). The average Bonchev–Trinajstić information content (AvgIpc) is 3.43. The number of nitrogens with one attached hydrogen (secondary N) is 2. The summed E-state index contributed by atoms with van der Waals surface area (Å²) in [4.78, 5) is 16.6. The molecular formula is C23H21Cl2FN4O2S. The van der Waals surface area contributed by atoms with E-state index in [4.69, 9.17) is 27.9 Å². The molecule has 2 aromatic carbocycles. The SMILES string of the molecule is CC(Oc1ccc2nc(NC(=O)NCCCn3cccc3)sc2c1)c1c(Cl)ccc(F)c1Cl. The third kappa shape index (κ3) is 5.76. The maximum atomic E-state index is 13.8. The molecule has 0 aliphatic heterocycles. The van der Waals surface area contributed by atoms with Gasteiger partial charge in [-0.15, -0.1) is 0 Å². The number of fused-ring (bicyclic) bond motifs is 1. The Bertz CT molecular complexity index is 1260. The van der Waals surface area contributed by atoms with E-state index in [1.54, 1.807) is 19.1 Å². The van der Waals surface area contributed by atoms with Gasteiger partial charge in [0, 0.05) is 36.1 Å². The maximum Gasteiger partial charge on any atom is 0.321 e. The highest BCUT2D eigenvalue weighted by Gasteiger charge is 2.19. The van der Waals surface area contributed by atoms with Crippen LogP contribution in [0.25, 0.3) is 10.2 Å². The van der Waals surface area contributed by atoms with Gasteiger partial charge in [-0.25, -0.2) is 14.2 Å². The van der Waals surface area contributed by atoms with Crippen LogP contribution < -0.4 is 15.4 Å². The monoisotopic (exact) mass is 506 g/mol. The average molecular weight is 507 g/mol. The summed E-state index contributed by atoms with van der Waals surface area (Å²) < 4.78 is 22.7. The van der Waals surface area contributed by atoms with Crippen molar-refractivity contribution >= 4 is 55.9 Å². The van der Waals surface area contributed by atoms with E-state index >= 15 is 0 Å². The maximum absolute atomic E-state index is 13.8. The van der Waals surface area contributed by atoms with Gasteiger partial charge in [0.25, 0.3) is 0 Å². The molecule has 0 saturated heterocycles. The van der Waals surface area contributed by atoms with Gasteiger partial charge < -0.3 is 14.6 Å². The lowest BCUT2D eigenvalue weighted by atomic mass is 10.1. The van der Waals surface area contributed by atoms with Crippen molar-refractivity contribution in [2.45, 2.75) is 26.0 Å². The molecule has 2 amide bonds. The second kappa shape index (κ2) is 10.4. The third-order valence-electron chi connectivity index (χ3n) is 4.92. The highest BCUT2D eigenvalue weighted by atomic mass is 35.5. The number of hydrogen-bond donors (Lipinski definition) is 2. The summed E-state index contributed by atoms with van der Waals surface area (Å²) >= 11 is 13.6. The van der Waals surface area contributed by atoms with E-state index in [0.29, 0.717) is 28.0 Å². The van der Waals surface area contributed by atoms with Crippen molar-refractivity contribution in [1.82, 2.24) is 14.9 Å². The van der Waals surface area contributed by atoms with Crippen LogP contribution in [0.1, 0.15) is 25.0 Å². The van der Waals surface area contributed by atoms with E-state index in [1.807, 2.05) is 30.6 Å². The smallest absolute Gasteiger partial charge is 0.321 e. The van der Waals surface area contributed by atoms with Gasteiger partial charge in [0.05, 0.1) is 15.2 Å². The van der Waals surface area contributed by atoms with Gasteiger partial charge in [-0.05, 0) is 55.8 Å². The number of urea groups is 1. The van der Waals surface area contributed by atoms with Gasteiger partial charge in [0.1, 0.15) is 17.7 Å². The van der Waals surface area contributed by atoms with Crippen molar-refractivity contribution < 1.29 is 13.9 Å². The highest BCUT2D eigenvalue weighted by molar-refractivity contribution is 7.22. The van der Waals surface area contributed by atoms with Crippen molar-refractivity contribution in [1.29, 1.82) is 0 Å². The Morgan fingerprint density at radius 1 is 1.24 bits per heavy atom. The quantitative estimate of drug-likeness (QED) is 0.202. The number of anilines is 1. The molecule has 0 saturated carbocycles. The molecule has 0 aliphatic carbocycles. The Hall–Kier alpha value is -2.81. The van der Waals surface area contributed by atoms with Crippen molar-refractivity contribution in [2.75, 3.05) is 11.9 Å². The molecule has 33 heavy (non-hydrogen) atoms. The molecule has 1 atom stereocenters. The van der Waals surface area contributed by atoms with Crippen LogP contribution in [-0.2, 0) is 6.54 Å². The number of benzene rings is 2. The summed E-state index contributed by atoms with van der Waals surface area (Å²) in [5.41, 5.74) is 1.11. The normalized spacial score (nSPS) is 12.0. The highest BCUT2D eigenvalue weighted by Crippen LogP contribution is 2.36. The number of aryl methyl sites for hydroxylation is 1. The van der Waals surface area contributed by atoms with E-state index in [2.05, 4.69) is 20.2 Å². The first-order chi connectivity index (χ1) is 15.9. The van der Waals surface area contributed by atoms with E-state index < -0.39 is 11.9 Å². The molecule has 4 aromatic rings. The fraction of sp³-hybridized carbons (Fsp3) is 0.217. The Balaban J connectivity index is 1.36. The Labute approximate surface area is 204 Å². The van der Waals surface area contributed by atoms with Crippen LogP contribution in [-0.4, -0.2) is 22.1 Å². The third-order valence-corrected chi connectivity index (χ3v) is 6.57. The molecule has 2 aromatic heterocycles. The van der Waals surface area contributed by atoms with Crippen LogP contribution in [0.2, 0.25) is 10.0 Å². The Morgan fingerprint density at radius 3 is 2.82 bits per heavy atom. The van der Waals surface area contributed by atoms with Crippen LogP contribution in [0.5, 0.6) is 5.75 Å². The number of halogens is 3. The predicted molar refractivity (Wildman–Crippen MR) is 131 cm³/mol. The first-order valence-corrected chi connectivity index (χ1v) is 11.8. The lowest BCUT2D eigenvalue weighted by Crippen LogP contribution is -2.29. The van der Waals surface area contributed by atoms with Crippen LogP contribution in [0.15, 0.2) is 54.9 Å². The van der Waals surface area contributed by atoms with Gasteiger partial charge in [0.2, 0.25) is 0 Å². The molecule has 0 bridgehead atoms. The summed E-state index contributed by atoms with van der Waals surface area (Å²) in [6.07, 6.45) is 4.23. The zero-order chi connectivity index (χ0) is 23.4. The molecule has 2 N–H and O–H groups in total. The van der Waals surface area contributed by atoms with Gasteiger partial charge in [-0.3, -0.25) is 5.32 Å². The Kier molecular flexibility index (Phi) is 7.37. The lowest BCUT2D eigenvalue weighted by molar-refractivity contribution is 0.227. The summed E-state index contributed by atoms with van der Waals surface area (Å²) in [6.45, 7) is 3.13. The van der Waals surface area contributed by atoms with Crippen molar-refractivity contribution in [2.24, 2.45) is 0 Å². The van der Waals surface area contributed by atoms with Gasteiger partial charge in [-0.2, -0.15) is 0 Å². The molecule has 172 valence electrons. The van der Waals surface area contributed by atoms with Gasteiger partial charge in [-0.1, -0.05) is 34.5 Å². The van der Waals surface area contributed by atoms with Crippen LogP contribution >= 0.6 is 34.5 Å². The van der Waals surface area contributed by atoms with Crippen molar-refractivity contribution in [3.05, 3.63) is 76.3 Å². The van der Waals surface area contributed by atoms with E-state index in [0.717, 1.165) is 23.2 Å². The molecule has 10 heteroatoms. The van der Waals surface area contributed by atoms with E-state index in [1.165, 1.54) is 23.5 Å². The minimum Gasteiger partial charge on any atom is -0.486 e. The minimum absolute atomic E-state index is 0.0558. The van der Waals surface area contributed by atoms with Gasteiger partial charge >= 0.3 is 6.03 Å². The fourth-order valence-corrected chi connectivity index (χ4v) is 4.90. The number of nitrogens with zero attached hydrogens (tertiary/aromatic N) is 2. The number of carbonyl (C=O) groups excluding carboxylic acids is 1.